The van der Waals surface area contributed by atoms with Gasteiger partial charge in [0.1, 0.15) is 0 Å². The third kappa shape index (κ3) is 4.34. The Morgan fingerprint density at radius 1 is 1.11 bits per heavy atom. The topological polar surface area (TPSA) is 29.3 Å². The van der Waals surface area contributed by atoms with E-state index in [2.05, 4.69) is 24.1 Å². The molecule has 0 atom stereocenters. The highest BCUT2D eigenvalue weighted by molar-refractivity contribution is 5.39. The average molecular weight is 246 g/mol. The molecule has 0 aliphatic heterocycles. The molecular formula is C16H26N2. The lowest BCUT2D eigenvalue weighted by Crippen LogP contribution is -2.22. The van der Waals surface area contributed by atoms with Gasteiger partial charge in [0, 0.05) is 12.2 Å². The summed E-state index contributed by atoms with van der Waals surface area (Å²) < 4.78 is 0. The van der Waals surface area contributed by atoms with Crippen molar-refractivity contribution in [2.75, 3.05) is 19.3 Å². The van der Waals surface area contributed by atoms with Crippen LogP contribution in [0.2, 0.25) is 0 Å². The molecule has 100 valence electrons. The van der Waals surface area contributed by atoms with E-state index in [1.807, 2.05) is 12.1 Å². The van der Waals surface area contributed by atoms with E-state index in [4.69, 9.17) is 5.73 Å². The maximum atomic E-state index is 5.70. The normalized spacial score (nSPS) is 17.2. The lowest BCUT2D eigenvalue weighted by Gasteiger charge is -2.24. The zero-order valence-electron chi connectivity index (χ0n) is 11.6. The van der Waals surface area contributed by atoms with Gasteiger partial charge in [0.25, 0.3) is 0 Å². The lowest BCUT2D eigenvalue weighted by atomic mass is 9.87. The van der Waals surface area contributed by atoms with Crippen molar-refractivity contribution < 1.29 is 0 Å². The third-order valence-corrected chi connectivity index (χ3v) is 4.08. The molecule has 1 aliphatic carbocycles. The first-order valence-corrected chi connectivity index (χ1v) is 7.27. The molecule has 0 saturated heterocycles. The van der Waals surface area contributed by atoms with Gasteiger partial charge in [0.15, 0.2) is 0 Å². The second-order valence-corrected chi connectivity index (χ2v) is 5.77. The predicted molar refractivity (Wildman–Crippen MR) is 78.4 cm³/mol. The summed E-state index contributed by atoms with van der Waals surface area (Å²) in [5, 5.41) is 0. The third-order valence-electron chi connectivity index (χ3n) is 4.08. The maximum Gasteiger partial charge on any atom is 0.0314 e. The highest BCUT2D eigenvalue weighted by atomic mass is 15.1. The number of hydrogen-bond donors (Lipinski definition) is 1. The number of anilines is 1. The van der Waals surface area contributed by atoms with Gasteiger partial charge in [-0.05, 0) is 43.6 Å². The molecule has 2 rings (SSSR count). The molecular weight excluding hydrogens is 220 g/mol. The first-order chi connectivity index (χ1) is 8.74. The quantitative estimate of drug-likeness (QED) is 0.803. The molecule has 1 saturated carbocycles. The first kappa shape index (κ1) is 13.4. The molecule has 0 aromatic heterocycles. The summed E-state index contributed by atoms with van der Waals surface area (Å²) >= 11 is 0. The first-order valence-electron chi connectivity index (χ1n) is 7.27. The molecule has 18 heavy (non-hydrogen) atoms. The van der Waals surface area contributed by atoms with Gasteiger partial charge in [-0.3, -0.25) is 0 Å². The van der Waals surface area contributed by atoms with Crippen LogP contribution in [0.15, 0.2) is 24.3 Å². The minimum Gasteiger partial charge on any atom is -0.399 e. The molecule has 0 amide bonds. The molecule has 2 N–H and O–H groups in total. The molecule has 0 heterocycles. The second-order valence-electron chi connectivity index (χ2n) is 5.77. The number of nitrogens with two attached hydrogens (primary N) is 1. The molecule has 2 nitrogen and oxygen atoms in total. The summed E-state index contributed by atoms with van der Waals surface area (Å²) in [4.78, 5) is 2.43. The molecule has 0 unspecified atom stereocenters. The van der Waals surface area contributed by atoms with Crippen molar-refractivity contribution >= 4 is 5.69 Å². The summed E-state index contributed by atoms with van der Waals surface area (Å²) in [7, 11) is 2.22. The van der Waals surface area contributed by atoms with Crippen LogP contribution in [0.25, 0.3) is 0 Å². The van der Waals surface area contributed by atoms with Gasteiger partial charge in [-0.1, -0.05) is 44.2 Å². The molecule has 1 aliphatic rings. The maximum absolute atomic E-state index is 5.70. The van der Waals surface area contributed by atoms with E-state index < -0.39 is 0 Å². The largest absolute Gasteiger partial charge is 0.399 e. The molecule has 0 spiro atoms. The van der Waals surface area contributed by atoms with Gasteiger partial charge in [-0.15, -0.1) is 0 Å². The monoisotopic (exact) mass is 246 g/mol. The minimum absolute atomic E-state index is 0.851. The van der Waals surface area contributed by atoms with E-state index in [0.717, 1.165) is 18.2 Å². The smallest absolute Gasteiger partial charge is 0.0314 e. The Hall–Kier alpha value is -1.02. The van der Waals surface area contributed by atoms with Crippen molar-refractivity contribution in [2.24, 2.45) is 5.92 Å². The van der Waals surface area contributed by atoms with E-state index in [9.17, 15) is 0 Å². The van der Waals surface area contributed by atoms with Crippen molar-refractivity contribution in [3.05, 3.63) is 29.8 Å². The van der Waals surface area contributed by atoms with Gasteiger partial charge >= 0.3 is 0 Å². The highest BCUT2D eigenvalue weighted by Gasteiger charge is 2.13. The Morgan fingerprint density at radius 2 is 1.78 bits per heavy atom. The Balaban J connectivity index is 1.71. The van der Waals surface area contributed by atoms with Gasteiger partial charge < -0.3 is 10.6 Å². The summed E-state index contributed by atoms with van der Waals surface area (Å²) in [6.07, 6.45) is 8.63. The Bertz CT molecular complexity index is 339. The Morgan fingerprint density at radius 3 is 2.44 bits per heavy atom. The van der Waals surface area contributed by atoms with Crippen LogP contribution in [0.1, 0.15) is 44.1 Å². The number of nitrogen functional groups attached to an aromatic ring is 1. The standard InChI is InChI=1S/C16H26N2/c1-18(12-11-14-5-3-2-4-6-14)13-15-7-9-16(17)10-8-15/h7-10,14H,2-6,11-13,17H2,1H3. The molecule has 1 fully saturated rings. The number of nitrogens with zero attached hydrogens (tertiary/aromatic N) is 1. The minimum atomic E-state index is 0.851. The van der Waals surface area contributed by atoms with E-state index in [1.54, 1.807) is 0 Å². The summed E-state index contributed by atoms with van der Waals surface area (Å²) in [6, 6.07) is 8.24. The summed E-state index contributed by atoms with van der Waals surface area (Å²) in [5.41, 5.74) is 7.91. The second kappa shape index (κ2) is 6.79. The fourth-order valence-electron chi connectivity index (χ4n) is 2.89. The van der Waals surface area contributed by atoms with Crippen molar-refractivity contribution in [2.45, 2.75) is 45.1 Å². The lowest BCUT2D eigenvalue weighted by molar-refractivity contribution is 0.260. The van der Waals surface area contributed by atoms with Crippen LogP contribution in [0.3, 0.4) is 0 Å². The van der Waals surface area contributed by atoms with Crippen LogP contribution < -0.4 is 5.73 Å². The van der Waals surface area contributed by atoms with Gasteiger partial charge in [0.2, 0.25) is 0 Å². The van der Waals surface area contributed by atoms with Crippen molar-refractivity contribution in [1.29, 1.82) is 0 Å². The Labute approximate surface area is 111 Å². The van der Waals surface area contributed by atoms with E-state index >= 15 is 0 Å². The summed E-state index contributed by atoms with van der Waals surface area (Å²) in [6.45, 7) is 2.25. The number of benzene rings is 1. The van der Waals surface area contributed by atoms with Crippen LogP contribution in [0.4, 0.5) is 5.69 Å². The molecule has 0 bridgehead atoms. The fraction of sp³-hybridized carbons (Fsp3) is 0.625. The molecule has 1 aromatic carbocycles. The van der Waals surface area contributed by atoms with Crippen LogP contribution >= 0.6 is 0 Å². The highest BCUT2D eigenvalue weighted by Crippen LogP contribution is 2.26. The summed E-state index contributed by atoms with van der Waals surface area (Å²) in [5.74, 6) is 0.979. The van der Waals surface area contributed by atoms with Crippen LogP contribution in [-0.4, -0.2) is 18.5 Å². The van der Waals surface area contributed by atoms with Gasteiger partial charge in [-0.25, -0.2) is 0 Å². The van der Waals surface area contributed by atoms with Crippen molar-refractivity contribution in [3.8, 4) is 0 Å². The van der Waals surface area contributed by atoms with E-state index in [0.29, 0.717) is 0 Å². The van der Waals surface area contributed by atoms with Gasteiger partial charge in [-0.2, -0.15) is 0 Å². The zero-order chi connectivity index (χ0) is 12.8. The van der Waals surface area contributed by atoms with Crippen molar-refractivity contribution in [3.63, 3.8) is 0 Å². The molecule has 0 radical (unpaired) electrons. The number of rotatable bonds is 5. The average Bonchev–Trinajstić information content (AvgIpc) is 2.40. The van der Waals surface area contributed by atoms with Crippen LogP contribution in [-0.2, 0) is 6.54 Å². The number of hydrogen-bond acceptors (Lipinski definition) is 2. The van der Waals surface area contributed by atoms with Crippen LogP contribution in [0, 0.1) is 5.92 Å². The zero-order valence-corrected chi connectivity index (χ0v) is 11.6. The van der Waals surface area contributed by atoms with E-state index in [1.165, 1.54) is 50.6 Å². The molecule has 1 aromatic rings. The Kier molecular flexibility index (Phi) is 5.06. The predicted octanol–water partition coefficient (Wildman–Crippen LogP) is 3.67. The van der Waals surface area contributed by atoms with Crippen molar-refractivity contribution in [1.82, 2.24) is 4.90 Å². The fourth-order valence-corrected chi connectivity index (χ4v) is 2.89. The molecule has 2 heteroatoms. The van der Waals surface area contributed by atoms with Crippen LogP contribution in [0.5, 0.6) is 0 Å². The SMILES string of the molecule is CN(CCC1CCCCC1)Cc1ccc(N)cc1. The van der Waals surface area contributed by atoms with E-state index in [-0.39, 0.29) is 0 Å². The van der Waals surface area contributed by atoms with Gasteiger partial charge in [0.05, 0.1) is 0 Å².